The number of aliphatic carboxylic acids is 1. The largest absolute Gasteiger partial charge is 0.480 e. The Bertz CT molecular complexity index is 1230. The maximum absolute atomic E-state index is 13.3. The number of carbonyl (C=O) groups is 2. The highest BCUT2D eigenvalue weighted by Gasteiger charge is 2.24. The third-order valence-electron chi connectivity index (χ3n) is 5.03. The van der Waals surface area contributed by atoms with Crippen LogP contribution in [0.3, 0.4) is 0 Å². The number of hydrogen-bond acceptors (Lipinski definition) is 2. The van der Waals surface area contributed by atoms with E-state index in [9.17, 15) is 14.7 Å². The van der Waals surface area contributed by atoms with Gasteiger partial charge >= 0.3 is 5.97 Å². The van der Waals surface area contributed by atoms with Gasteiger partial charge in [0.25, 0.3) is 5.91 Å². The average molecular weight is 483 g/mol. The summed E-state index contributed by atoms with van der Waals surface area (Å²) in [4.78, 5) is 25.2. The zero-order chi connectivity index (χ0) is 21.3. The number of carboxylic acids is 1. The van der Waals surface area contributed by atoms with Gasteiger partial charge in [-0.1, -0.05) is 76.1 Å². The van der Waals surface area contributed by atoms with E-state index in [0.717, 1.165) is 26.0 Å². The van der Waals surface area contributed by atoms with Crippen LogP contribution in [0.5, 0.6) is 0 Å². The van der Waals surface area contributed by atoms with Gasteiger partial charge in [-0.3, -0.25) is 4.79 Å². The van der Waals surface area contributed by atoms with E-state index in [1.54, 1.807) is 18.2 Å². The van der Waals surface area contributed by atoms with Crippen molar-refractivity contribution in [2.24, 2.45) is 0 Å². The molecule has 0 heterocycles. The molecule has 4 nitrogen and oxygen atoms in total. The lowest BCUT2D eigenvalue weighted by molar-refractivity contribution is -0.139. The lowest BCUT2D eigenvalue weighted by Crippen LogP contribution is -2.42. The van der Waals surface area contributed by atoms with Crippen LogP contribution in [0.1, 0.15) is 15.9 Å². The summed E-state index contributed by atoms with van der Waals surface area (Å²) in [5, 5.41) is 16.4. The van der Waals surface area contributed by atoms with E-state index in [0.29, 0.717) is 16.1 Å². The maximum Gasteiger partial charge on any atom is 0.326 e. The molecular weight excluding hydrogens is 466 g/mol. The quantitative estimate of drug-likeness (QED) is 0.352. The molecule has 1 amide bonds. The van der Waals surface area contributed by atoms with Crippen molar-refractivity contribution >= 4 is 61.0 Å². The summed E-state index contributed by atoms with van der Waals surface area (Å²) < 4.78 is 0.739. The Morgan fingerprint density at radius 1 is 0.933 bits per heavy atom. The van der Waals surface area contributed by atoms with Crippen LogP contribution in [-0.4, -0.2) is 23.0 Å². The van der Waals surface area contributed by atoms with Gasteiger partial charge < -0.3 is 10.4 Å². The summed E-state index contributed by atoms with van der Waals surface area (Å²) in [6, 6.07) is 21.3. The van der Waals surface area contributed by atoms with Gasteiger partial charge in [0, 0.05) is 15.9 Å². The Labute approximate surface area is 186 Å². The molecule has 4 aromatic carbocycles. The average Bonchev–Trinajstić information content (AvgIpc) is 2.73. The van der Waals surface area contributed by atoms with Gasteiger partial charge in [-0.25, -0.2) is 4.79 Å². The van der Waals surface area contributed by atoms with E-state index in [1.807, 2.05) is 54.6 Å². The first-order chi connectivity index (χ1) is 14.4. The van der Waals surface area contributed by atoms with E-state index in [1.165, 1.54) is 0 Å². The van der Waals surface area contributed by atoms with E-state index in [4.69, 9.17) is 11.6 Å². The molecule has 0 saturated heterocycles. The van der Waals surface area contributed by atoms with Gasteiger partial charge in [0.2, 0.25) is 0 Å². The molecule has 0 unspecified atom stereocenters. The molecule has 0 aromatic heterocycles. The van der Waals surface area contributed by atoms with Crippen molar-refractivity contribution in [2.75, 3.05) is 0 Å². The summed E-state index contributed by atoms with van der Waals surface area (Å²) in [6.45, 7) is 0. The first-order valence-corrected chi connectivity index (χ1v) is 10.5. The predicted octanol–water partition coefficient (Wildman–Crippen LogP) is 5.83. The van der Waals surface area contributed by atoms with E-state index in [2.05, 4.69) is 21.2 Å². The maximum atomic E-state index is 13.3. The van der Waals surface area contributed by atoms with Gasteiger partial charge in [0.15, 0.2) is 0 Å². The minimum absolute atomic E-state index is 0.102. The van der Waals surface area contributed by atoms with Crippen LogP contribution in [-0.2, 0) is 11.2 Å². The molecule has 1 atom stereocenters. The molecule has 0 spiro atoms. The molecule has 0 radical (unpaired) electrons. The number of fused-ring (bicyclic) bond motifs is 2. The molecule has 0 saturated carbocycles. The Balaban J connectivity index is 1.75. The molecule has 0 aliphatic carbocycles. The normalized spacial score (nSPS) is 12.1. The summed E-state index contributed by atoms with van der Waals surface area (Å²) in [6.07, 6.45) is 0.102. The summed E-state index contributed by atoms with van der Waals surface area (Å²) in [5.74, 6) is -1.53. The fraction of sp³-hybridized carbons (Fsp3) is 0.0833. The van der Waals surface area contributed by atoms with Crippen LogP contribution < -0.4 is 5.32 Å². The minimum Gasteiger partial charge on any atom is -0.480 e. The van der Waals surface area contributed by atoms with E-state index in [-0.39, 0.29) is 6.42 Å². The van der Waals surface area contributed by atoms with Crippen LogP contribution in [0.15, 0.2) is 77.3 Å². The van der Waals surface area contributed by atoms with Crippen LogP contribution in [0, 0.1) is 0 Å². The number of carboxylic acid groups (broad SMARTS) is 1. The lowest BCUT2D eigenvalue weighted by Gasteiger charge is -2.18. The molecule has 2 N–H and O–H groups in total. The summed E-state index contributed by atoms with van der Waals surface area (Å²) in [7, 11) is 0. The first kappa shape index (κ1) is 20.4. The van der Waals surface area contributed by atoms with Crippen molar-refractivity contribution in [1.29, 1.82) is 0 Å². The SMILES string of the molecule is O=C(N[C@@H](Cc1cc(Cl)ccc1Br)C(=O)O)c1c2ccccc2cc2ccccc12. The number of carbonyl (C=O) groups excluding carboxylic acids is 1. The third-order valence-corrected chi connectivity index (χ3v) is 6.04. The van der Waals surface area contributed by atoms with Gasteiger partial charge in [-0.2, -0.15) is 0 Å². The highest BCUT2D eigenvalue weighted by atomic mass is 79.9. The number of amides is 1. The van der Waals surface area contributed by atoms with E-state index >= 15 is 0 Å². The van der Waals surface area contributed by atoms with Gasteiger partial charge in [-0.05, 0) is 51.4 Å². The van der Waals surface area contributed by atoms with Crippen molar-refractivity contribution in [2.45, 2.75) is 12.5 Å². The minimum atomic E-state index is -1.11. The number of rotatable bonds is 5. The van der Waals surface area contributed by atoms with Crippen molar-refractivity contribution in [3.05, 3.63) is 93.4 Å². The zero-order valence-electron chi connectivity index (χ0n) is 15.7. The molecular formula is C24H17BrClNO3. The van der Waals surface area contributed by atoms with E-state index < -0.39 is 17.9 Å². The molecule has 30 heavy (non-hydrogen) atoms. The molecule has 4 aromatic rings. The number of halogens is 2. The summed E-state index contributed by atoms with van der Waals surface area (Å²) in [5.41, 5.74) is 1.18. The molecule has 6 heteroatoms. The Morgan fingerprint density at radius 3 is 2.13 bits per heavy atom. The van der Waals surface area contributed by atoms with Gasteiger partial charge in [0.1, 0.15) is 6.04 Å². The number of nitrogens with one attached hydrogen (secondary N) is 1. The van der Waals surface area contributed by atoms with Crippen LogP contribution >= 0.6 is 27.5 Å². The van der Waals surface area contributed by atoms with Gasteiger partial charge in [0.05, 0.1) is 5.56 Å². The van der Waals surface area contributed by atoms with Crippen molar-refractivity contribution < 1.29 is 14.7 Å². The summed E-state index contributed by atoms with van der Waals surface area (Å²) >= 11 is 9.48. The lowest BCUT2D eigenvalue weighted by atomic mass is 9.96. The molecule has 0 aliphatic rings. The Kier molecular flexibility index (Phi) is 5.75. The second-order valence-corrected chi connectivity index (χ2v) is 8.29. The zero-order valence-corrected chi connectivity index (χ0v) is 18.1. The van der Waals surface area contributed by atoms with Crippen LogP contribution in [0.4, 0.5) is 0 Å². The fourth-order valence-electron chi connectivity index (χ4n) is 3.61. The first-order valence-electron chi connectivity index (χ1n) is 9.32. The molecule has 0 bridgehead atoms. The highest BCUT2D eigenvalue weighted by molar-refractivity contribution is 9.10. The molecule has 0 fully saturated rings. The van der Waals surface area contributed by atoms with Crippen LogP contribution in [0.2, 0.25) is 5.02 Å². The molecule has 150 valence electrons. The predicted molar refractivity (Wildman–Crippen MR) is 123 cm³/mol. The smallest absolute Gasteiger partial charge is 0.326 e. The monoisotopic (exact) mass is 481 g/mol. The second-order valence-electron chi connectivity index (χ2n) is 7.00. The number of hydrogen-bond donors (Lipinski definition) is 2. The van der Waals surface area contributed by atoms with Crippen LogP contribution in [0.25, 0.3) is 21.5 Å². The van der Waals surface area contributed by atoms with Gasteiger partial charge in [-0.15, -0.1) is 0 Å². The molecule has 0 aliphatic heterocycles. The van der Waals surface area contributed by atoms with Crippen molar-refractivity contribution in [1.82, 2.24) is 5.32 Å². The Hall–Kier alpha value is -2.89. The standard InChI is InChI=1S/C24H17BrClNO3/c25-20-10-9-17(26)12-16(20)13-21(24(29)30)27-23(28)22-18-7-3-1-5-14(18)11-15-6-2-4-8-19(15)22/h1-12,21H,13H2,(H,27,28)(H,29,30)/t21-/m0/s1. The van der Waals surface area contributed by atoms with Crippen molar-refractivity contribution in [3.63, 3.8) is 0 Å². The van der Waals surface area contributed by atoms with Crippen molar-refractivity contribution in [3.8, 4) is 0 Å². The topological polar surface area (TPSA) is 66.4 Å². The highest BCUT2D eigenvalue weighted by Crippen LogP contribution is 2.29. The number of benzene rings is 4. The fourth-order valence-corrected chi connectivity index (χ4v) is 4.21. The Morgan fingerprint density at radius 2 is 1.53 bits per heavy atom. The third kappa shape index (κ3) is 4.04. The second kappa shape index (κ2) is 8.46. The molecule has 4 rings (SSSR count).